The van der Waals surface area contributed by atoms with Crippen molar-refractivity contribution in [2.45, 2.75) is 90.9 Å². The number of unbranched alkanes of at least 4 members (excludes halogenated alkanes) is 10. The van der Waals surface area contributed by atoms with E-state index in [2.05, 4.69) is 17.6 Å². The summed E-state index contributed by atoms with van der Waals surface area (Å²) in [5.41, 5.74) is 0.0758. The number of carbonyl (C=O) groups excluding carboxylic acids is 2. The van der Waals surface area contributed by atoms with Crippen LogP contribution in [0.15, 0.2) is 54.6 Å². The number of hydrogen-bond donors (Lipinski definition) is 3. The second-order valence-electron chi connectivity index (χ2n) is 13.2. The first-order valence-electron chi connectivity index (χ1n) is 20.0. The van der Waals surface area contributed by atoms with Gasteiger partial charge in [0.1, 0.15) is 23.0 Å². The summed E-state index contributed by atoms with van der Waals surface area (Å²) in [6, 6.07) is 16.3. The van der Waals surface area contributed by atoms with E-state index in [1.165, 1.54) is 63.9 Å². The number of nitrogens with one attached hydrogen (secondary N) is 2. The topological polar surface area (TPSA) is 134 Å². The molecule has 11 heteroatoms. The molecule has 0 radical (unpaired) electrons. The molecule has 0 saturated carbocycles. The first kappa shape index (κ1) is 44.3. The molecule has 0 fully saturated rings. The summed E-state index contributed by atoms with van der Waals surface area (Å²) in [5, 5.41) is 17.6. The van der Waals surface area contributed by atoms with Crippen LogP contribution in [0.4, 0.5) is 0 Å². The molecular formula is C43H64N2O9. The van der Waals surface area contributed by atoms with Crippen LogP contribution < -0.4 is 24.8 Å². The molecule has 0 unspecified atom stereocenters. The molecular weight excluding hydrogens is 688 g/mol. The Morgan fingerprint density at radius 2 is 1.17 bits per heavy atom. The SMILES string of the molecule is CCCCCCCCCCCCOc1cccc(OCCCCNC(=O)c2cc(OCC(=O)NCCOCCOCCOCC)c3ccccc3c2O)c1. The second-order valence-corrected chi connectivity index (χ2v) is 13.2. The first-order valence-corrected chi connectivity index (χ1v) is 20.0. The molecule has 0 heterocycles. The van der Waals surface area contributed by atoms with Crippen LogP contribution in [0.5, 0.6) is 23.0 Å². The van der Waals surface area contributed by atoms with Gasteiger partial charge in [-0.25, -0.2) is 0 Å². The highest BCUT2D eigenvalue weighted by Gasteiger charge is 2.18. The number of phenolic OH excluding ortho intramolecular Hbond substituents is 1. The number of benzene rings is 3. The smallest absolute Gasteiger partial charge is 0.258 e. The van der Waals surface area contributed by atoms with Gasteiger partial charge in [0.15, 0.2) is 6.61 Å². The highest BCUT2D eigenvalue weighted by atomic mass is 16.5. The van der Waals surface area contributed by atoms with Crippen molar-refractivity contribution < 1.29 is 43.1 Å². The minimum Gasteiger partial charge on any atom is -0.506 e. The zero-order chi connectivity index (χ0) is 38.5. The van der Waals surface area contributed by atoms with Gasteiger partial charge in [-0.05, 0) is 44.4 Å². The van der Waals surface area contributed by atoms with E-state index in [4.69, 9.17) is 28.4 Å². The van der Waals surface area contributed by atoms with Gasteiger partial charge in [-0.2, -0.15) is 0 Å². The van der Waals surface area contributed by atoms with E-state index >= 15 is 0 Å². The fourth-order valence-corrected chi connectivity index (χ4v) is 5.81. The fourth-order valence-electron chi connectivity index (χ4n) is 5.81. The average molecular weight is 753 g/mol. The molecule has 300 valence electrons. The van der Waals surface area contributed by atoms with Crippen molar-refractivity contribution in [2.24, 2.45) is 0 Å². The van der Waals surface area contributed by atoms with Gasteiger partial charge in [-0.1, -0.05) is 95.0 Å². The van der Waals surface area contributed by atoms with E-state index in [1.807, 2.05) is 31.2 Å². The predicted molar refractivity (Wildman–Crippen MR) is 213 cm³/mol. The minimum atomic E-state index is -0.431. The fraction of sp³-hybridized carbons (Fsp3) is 0.581. The van der Waals surface area contributed by atoms with Crippen LogP contribution in [0, 0.1) is 0 Å². The maximum absolute atomic E-state index is 13.1. The third-order valence-corrected chi connectivity index (χ3v) is 8.80. The van der Waals surface area contributed by atoms with Crippen molar-refractivity contribution in [1.82, 2.24) is 10.6 Å². The Morgan fingerprint density at radius 3 is 1.83 bits per heavy atom. The molecule has 0 atom stereocenters. The molecule has 3 rings (SSSR count). The van der Waals surface area contributed by atoms with E-state index in [-0.39, 0.29) is 23.8 Å². The standard InChI is InChI=1S/C43H64N2O9/c1-3-5-6-7-8-9-10-11-12-16-25-52-35-19-18-20-36(32-35)53-26-17-15-23-45-43(48)39-33-40(37-21-13-14-22-38(37)42(39)47)54-34-41(46)44-24-27-50-30-31-51-29-28-49-4-2/h13-14,18-22,32-33,47H,3-12,15-17,23-31,34H2,1-2H3,(H,44,46)(H,45,48). The summed E-state index contributed by atoms with van der Waals surface area (Å²) in [6.07, 6.45) is 14.4. The van der Waals surface area contributed by atoms with Gasteiger partial charge in [0, 0.05) is 36.5 Å². The van der Waals surface area contributed by atoms with Crippen LogP contribution in [0.3, 0.4) is 0 Å². The maximum Gasteiger partial charge on any atom is 0.258 e. The third-order valence-electron chi connectivity index (χ3n) is 8.80. The molecule has 54 heavy (non-hydrogen) atoms. The molecule has 0 bridgehead atoms. The summed E-state index contributed by atoms with van der Waals surface area (Å²) >= 11 is 0. The van der Waals surface area contributed by atoms with Crippen molar-refractivity contribution in [1.29, 1.82) is 0 Å². The number of ether oxygens (including phenoxy) is 6. The summed E-state index contributed by atoms with van der Waals surface area (Å²) in [6.45, 7) is 8.78. The largest absolute Gasteiger partial charge is 0.506 e. The highest BCUT2D eigenvalue weighted by molar-refractivity contribution is 6.05. The Kier molecular flexibility index (Phi) is 23.3. The molecule has 3 aromatic rings. The van der Waals surface area contributed by atoms with E-state index < -0.39 is 5.91 Å². The Morgan fingerprint density at radius 1 is 0.574 bits per heavy atom. The minimum absolute atomic E-state index is 0.0758. The average Bonchev–Trinajstić information content (AvgIpc) is 3.19. The molecule has 11 nitrogen and oxygen atoms in total. The van der Waals surface area contributed by atoms with Crippen LogP contribution >= 0.6 is 0 Å². The van der Waals surface area contributed by atoms with Crippen LogP contribution in [0.25, 0.3) is 10.8 Å². The Hall–Kier alpha value is -4.06. The van der Waals surface area contributed by atoms with Gasteiger partial charge in [-0.15, -0.1) is 0 Å². The first-order chi connectivity index (χ1) is 26.5. The summed E-state index contributed by atoms with van der Waals surface area (Å²) < 4.78 is 33.8. The molecule has 3 aromatic carbocycles. The lowest BCUT2D eigenvalue weighted by atomic mass is 10.0. The second kappa shape index (κ2) is 28.4. The Balaban J connectivity index is 1.32. The monoisotopic (exact) mass is 752 g/mol. The number of aromatic hydroxyl groups is 1. The van der Waals surface area contributed by atoms with Crippen molar-refractivity contribution in [3.05, 3.63) is 60.2 Å². The maximum atomic E-state index is 13.1. The molecule has 0 aromatic heterocycles. The molecule has 0 aliphatic rings. The van der Waals surface area contributed by atoms with Crippen molar-refractivity contribution in [3.63, 3.8) is 0 Å². The van der Waals surface area contributed by atoms with E-state index in [9.17, 15) is 14.7 Å². The molecule has 3 N–H and O–H groups in total. The molecule has 0 saturated heterocycles. The van der Waals surface area contributed by atoms with Crippen LogP contribution in [0.1, 0.15) is 101 Å². The number of fused-ring (bicyclic) bond motifs is 1. The number of hydrogen-bond acceptors (Lipinski definition) is 9. The van der Waals surface area contributed by atoms with E-state index in [0.717, 1.165) is 24.3 Å². The number of phenols is 1. The third kappa shape index (κ3) is 18.3. The predicted octanol–water partition coefficient (Wildman–Crippen LogP) is 8.00. The Labute approximate surface area is 322 Å². The van der Waals surface area contributed by atoms with E-state index in [1.54, 1.807) is 24.3 Å². The zero-order valence-electron chi connectivity index (χ0n) is 32.7. The van der Waals surface area contributed by atoms with Crippen LogP contribution in [0.2, 0.25) is 0 Å². The molecule has 0 aliphatic carbocycles. The van der Waals surface area contributed by atoms with Crippen molar-refractivity contribution in [3.8, 4) is 23.0 Å². The van der Waals surface area contributed by atoms with Gasteiger partial charge >= 0.3 is 0 Å². The summed E-state index contributed by atoms with van der Waals surface area (Å²) in [5.74, 6) is 0.987. The van der Waals surface area contributed by atoms with Gasteiger partial charge in [0.25, 0.3) is 11.8 Å². The lowest BCUT2D eigenvalue weighted by Crippen LogP contribution is -2.32. The number of rotatable bonds is 32. The van der Waals surface area contributed by atoms with E-state index in [0.29, 0.717) is 88.9 Å². The van der Waals surface area contributed by atoms with Gasteiger partial charge in [0.2, 0.25) is 0 Å². The van der Waals surface area contributed by atoms with Crippen LogP contribution in [-0.4, -0.2) is 89.5 Å². The molecule has 0 spiro atoms. The van der Waals surface area contributed by atoms with Gasteiger partial charge < -0.3 is 44.2 Å². The zero-order valence-corrected chi connectivity index (χ0v) is 32.7. The number of amides is 2. The van der Waals surface area contributed by atoms with Crippen molar-refractivity contribution in [2.75, 3.05) is 72.6 Å². The molecule has 2 amide bonds. The molecule has 0 aliphatic heterocycles. The summed E-state index contributed by atoms with van der Waals surface area (Å²) in [4.78, 5) is 25.6. The highest BCUT2D eigenvalue weighted by Crippen LogP contribution is 2.36. The lowest BCUT2D eigenvalue weighted by Gasteiger charge is -2.14. The lowest BCUT2D eigenvalue weighted by molar-refractivity contribution is -0.123. The quantitative estimate of drug-likeness (QED) is 0.0543. The van der Waals surface area contributed by atoms with Gasteiger partial charge in [0.05, 0.1) is 51.8 Å². The van der Waals surface area contributed by atoms with Gasteiger partial charge in [-0.3, -0.25) is 9.59 Å². The Bertz CT molecular complexity index is 1470. The van der Waals surface area contributed by atoms with Crippen LogP contribution in [-0.2, 0) is 19.0 Å². The number of carbonyl (C=O) groups is 2. The summed E-state index contributed by atoms with van der Waals surface area (Å²) in [7, 11) is 0. The normalized spacial score (nSPS) is 11.1. The van der Waals surface area contributed by atoms with Crippen molar-refractivity contribution >= 4 is 22.6 Å².